The zero-order valence-electron chi connectivity index (χ0n) is 9.32. The number of nitrogens with two attached hydrogens (primary N) is 1. The van der Waals surface area contributed by atoms with Crippen LogP contribution < -0.4 is 5.73 Å². The van der Waals surface area contributed by atoms with Crippen LogP contribution >= 0.6 is 0 Å². The second-order valence-corrected chi connectivity index (χ2v) is 3.76. The van der Waals surface area contributed by atoms with E-state index in [0.29, 0.717) is 0 Å². The summed E-state index contributed by atoms with van der Waals surface area (Å²) in [6, 6.07) is 0. The summed E-state index contributed by atoms with van der Waals surface area (Å²) in [5, 5.41) is 0. The Labute approximate surface area is 86.1 Å². The molecular weight excluding hydrogens is 176 g/mol. The molecule has 1 aliphatic heterocycles. The highest BCUT2D eigenvalue weighted by atomic mass is 15.3. The Morgan fingerprint density at radius 3 is 2.29 bits per heavy atom. The molecule has 0 radical (unpaired) electrons. The van der Waals surface area contributed by atoms with Gasteiger partial charge in [-0.05, 0) is 20.0 Å². The molecule has 0 aromatic heterocycles. The van der Waals surface area contributed by atoms with Crippen LogP contribution in [0.3, 0.4) is 0 Å². The van der Waals surface area contributed by atoms with E-state index in [1.54, 1.807) is 0 Å². The highest BCUT2D eigenvalue weighted by Gasteiger charge is 2.15. The van der Waals surface area contributed by atoms with Gasteiger partial charge >= 0.3 is 0 Å². The molecule has 1 saturated heterocycles. The van der Waals surface area contributed by atoms with E-state index in [0.717, 1.165) is 37.7 Å². The number of likely N-dealkylation sites (N-methyl/N-ethyl adjacent to an activating group) is 1. The van der Waals surface area contributed by atoms with E-state index >= 15 is 0 Å². The Kier molecular flexibility index (Phi) is 3.95. The van der Waals surface area contributed by atoms with Crippen LogP contribution in [0.2, 0.25) is 0 Å². The molecule has 14 heavy (non-hydrogen) atoms. The lowest BCUT2D eigenvalue weighted by Crippen LogP contribution is -2.46. The molecule has 0 unspecified atom stereocenters. The van der Waals surface area contributed by atoms with Gasteiger partial charge in [-0.3, -0.25) is 4.99 Å². The first kappa shape index (κ1) is 11.0. The molecule has 0 atom stereocenters. The molecule has 0 aromatic rings. The van der Waals surface area contributed by atoms with Gasteiger partial charge in [0.05, 0.1) is 0 Å². The summed E-state index contributed by atoms with van der Waals surface area (Å²) in [7, 11) is 3.96. The number of aliphatic imine (C=N–C) groups is 1. The van der Waals surface area contributed by atoms with Crippen molar-refractivity contribution in [2.75, 3.05) is 40.3 Å². The van der Waals surface area contributed by atoms with Gasteiger partial charge < -0.3 is 15.5 Å². The summed E-state index contributed by atoms with van der Waals surface area (Å²) in [6.45, 7) is 6.15. The topological polar surface area (TPSA) is 44.9 Å². The number of allylic oxidation sites excluding steroid dienone is 1. The predicted octanol–water partition coefficient (Wildman–Crippen LogP) is 0.125. The maximum Gasteiger partial charge on any atom is 0.124 e. The fraction of sp³-hybridized carbons (Fsp3) is 0.700. The summed E-state index contributed by atoms with van der Waals surface area (Å²) in [5.41, 5.74) is 6.46. The fourth-order valence-electron chi connectivity index (χ4n) is 1.54. The van der Waals surface area contributed by atoms with E-state index in [2.05, 4.69) is 21.8 Å². The number of rotatable bonds is 1. The minimum absolute atomic E-state index is 0.810. The highest BCUT2D eigenvalue weighted by Crippen LogP contribution is 2.02. The second-order valence-electron chi connectivity index (χ2n) is 3.76. The van der Waals surface area contributed by atoms with Crippen molar-refractivity contribution in [3.8, 4) is 0 Å². The number of amidine groups is 1. The van der Waals surface area contributed by atoms with Crippen molar-refractivity contribution in [1.82, 2.24) is 9.80 Å². The minimum Gasteiger partial charge on any atom is -0.402 e. The van der Waals surface area contributed by atoms with E-state index < -0.39 is 0 Å². The van der Waals surface area contributed by atoms with Crippen molar-refractivity contribution in [3.05, 3.63) is 11.8 Å². The first-order valence-electron chi connectivity index (χ1n) is 4.97. The average Bonchev–Trinajstić information content (AvgIpc) is 2.15. The number of hydrogen-bond acceptors (Lipinski definition) is 3. The maximum absolute atomic E-state index is 5.65. The van der Waals surface area contributed by atoms with Crippen LogP contribution in [0, 0.1) is 0 Å². The molecule has 1 aliphatic rings. The molecule has 0 amide bonds. The van der Waals surface area contributed by atoms with Crippen LogP contribution in [-0.4, -0.2) is 55.9 Å². The molecule has 0 aromatic carbocycles. The van der Waals surface area contributed by atoms with Crippen molar-refractivity contribution in [1.29, 1.82) is 0 Å². The van der Waals surface area contributed by atoms with Gasteiger partial charge in [-0.25, -0.2) is 0 Å². The highest BCUT2D eigenvalue weighted by molar-refractivity contribution is 5.93. The van der Waals surface area contributed by atoms with Crippen molar-refractivity contribution in [2.45, 2.75) is 6.92 Å². The summed E-state index contributed by atoms with van der Waals surface area (Å²) >= 11 is 0. The van der Waals surface area contributed by atoms with Gasteiger partial charge in [0.2, 0.25) is 0 Å². The average molecular weight is 196 g/mol. The smallest absolute Gasteiger partial charge is 0.124 e. The first-order valence-corrected chi connectivity index (χ1v) is 4.97. The van der Waals surface area contributed by atoms with Crippen LogP contribution in [0.4, 0.5) is 0 Å². The summed E-state index contributed by atoms with van der Waals surface area (Å²) in [4.78, 5) is 8.84. The van der Waals surface area contributed by atoms with Crippen LogP contribution in [0.15, 0.2) is 16.8 Å². The number of piperazine rings is 1. The number of nitrogens with zero attached hydrogens (tertiary/aromatic N) is 3. The van der Waals surface area contributed by atoms with E-state index in [9.17, 15) is 0 Å². The van der Waals surface area contributed by atoms with Gasteiger partial charge in [-0.15, -0.1) is 0 Å². The molecule has 2 N–H and O–H groups in total. The Morgan fingerprint density at radius 2 is 1.86 bits per heavy atom. The van der Waals surface area contributed by atoms with Gasteiger partial charge in [0, 0.05) is 38.9 Å². The molecule has 4 nitrogen and oxygen atoms in total. The molecule has 0 spiro atoms. The largest absolute Gasteiger partial charge is 0.402 e. The molecule has 80 valence electrons. The standard InChI is InChI=1S/C10H20N4/c1-9(11)8-10(12-2)14-6-4-13(3)5-7-14/h8H,4-7,11H2,1-3H3/b9-8+,12-10?. The molecule has 0 aliphatic carbocycles. The van der Waals surface area contributed by atoms with Gasteiger partial charge in [0.1, 0.15) is 5.84 Å². The summed E-state index contributed by atoms with van der Waals surface area (Å²) in [5.74, 6) is 0.998. The fourth-order valence-corrected chi connectivity index (χ4v) is 1.54. The van der Waals surface area contributed by atoms with Crippen molar-refractivity contribution in [2.24, 2.45) is 10.7 Å². The van der Waals surface area contributed by atoms with Crippen molar-refractivity contribution in [3.63, 3.8) is 0 Å². The van der Waals surface area contributed by atoms with Crippen molar-refractivity contribution < 1.29 is 0 Å². The van der Waals surface area contributed by atoms with E-state index in [1.807, 2.05) is 20.0 Å². The lowest BCUT2D eigenvalue weighted by Gasteiger charge is -2.33. The number of hydrogen-bond donors (Lipinski definition) is 1. The zero-order valence-corrected chi connectivity index (χ0v) is 9.32. The van der Waals surface area contributed by atoms with Crippen LogP contribution in [-0.2, 0) is 0 Å². The van der Waals surface area contributed by atoms with Crippen LogP contribution in [0.5, 0.6) is 0 Å². The molecule has 1 heterocycles. The van der Waals surface area contributed by atoms with Gasteiger partial charge in [0.15, 0.2) is 0 Å². The molecule has 0 saturated carbocycles. The molecule has 1 fully saturated rings. The Bertz CT molecular complexity index is 233. The maximum atomic E-state index is 5.65. The van der Waals surface area contributed by atoms with E-state index in [4.69, 9.17) is 5.73 Å². The lowest BCUT2D eigenvalue weighted by molar-refractivity contribution is 0.216. The second kappa shape index (κ2) is 5.00. The lowest BCUT2D eigenvalue weighted by atomic mass is 10.3. The van der Waals surface area contributed by atoms with Crippen LogP contribution in [0.1, 0.15) is 6.92 Å². The molecular formula is C10H20N4. The normalized spacial score (nSPS) is 21.5. The zero-order chi connectivity index (χ0) is 10.6. The third-order valence-corrected chi connectivity index (χ3v) is 2.41. The van der Waals surface area contributed by atoms with Crippen LogP contribution in [0.25, 0.3) is 0 Å². The molecule has 0 bridgehead atoms. The SMILES string of the molecule is CN=C(/C=C(\C)N)N1CCN(C)CC1. The monoisotopic (exact) mass is 196 g/mol. The Balaban J connectivity index is 2.59. The third-order valence-electron chi connectivity index (χ3n) is 2.41. The summed E-state index contributed by atoms with van der Waals surface area (Å²) < 4.78 is 0. The summed E-state index contributed by atoms with van der Waals surface area (Å²) in [6.07, 6.45) is 1.94. The molecule has 4 heteroatoms. The third kappa shape index (κ3) is 3.03. The van der Waals surface area contributed by atoms with Gasteiger partial charge in [0.25, 0.3) is 0 Å². The Morgan fingerprint density at radius 1 is 1.29 bits per heavy atom. The molecule has 1 rings (SSSR count). The Hall–Kier alpha value is -1.03. The van der Waals surface area contributed by atoms with Gasteiger partial charge in [-0.2, -0.15) is 0 Å². The van der Waals surface area contributed by atoms with E-state index in [-0.39, 0.29) is 0 Å². The quantitative estimate of drug-likeness (QED) is 0.479. The van der Waals surface area contributed by atoms with Crippen molar-refractivity contribution >= 4 is 5.84 Å². The predicted molar refractivity (Wildman–Crippen MR) is 60.4 cm³/mol. The minimum atomic E-state index is 0.810. The first-order chi connectivity index (χ1) is 6.63. The van der Waals surface area contributed by atoms with E-state index in [1.165, 1.54) is 0 Å². The van der Waals surface area contributed by atoms with Gasteiger partial charge in [-0.1, -0.05) is 0 Å².